The normalized spacial score (nSPS) is 11.6. The summed E-state index contributed by atoms with van der Waals surface area (Å²) < 4.78 is 33.8. The topological polar surface area (TPSA) is 87.0 Å². The van der Waals surface area contributed by atoms with Gasteiger partial charge in [0, 0.05) is 17.5 Å². The van der Waals surface area contributed by atoms with Crippen LogP contribution in [0.25, 0.3) is 0 Å². The summed E-state index contributed by atoms with van der Waals surface area (Å²) in [6.07, 6.45) is 0.591. The predicted octanol–water partition coefficient (Wildman–Crippen LogP) is 3.59. The Morgan fingerprint density at radius 2 is 1.65 bits per heavy atom. The Kier molecular flexibility index (Phi) is 7.72. The number of carbonyl (C=O) groups excluding carboxylic acids is 1. The summed E-state index contributed by atoms with van der Waals surface area (Å²) in [5.41, 5.74) is 0.957. The molecule has 0 fully saturated rings. The van der Waals surface area contributed by atoms with E-state index in [2.05, 4.69) is 5.32 Å². The fourth-order valence-electron chi connectivity index (χ4n) is 2.97. The van der Waals surface area contributed by atoms with Crippen molar-refractivity contribution < 1.29 is 27.6 Å². The number of hydrogen-bond acceptors (Lipinski definition) is 6. The van der Waals surface area contributed by atoms with Crippen LogP contribution in [0.4, 0.5) is 0 Å². The van der Waals surface area contributed by atoms with Crippen molar-refractivity contribution in [2.45, 2.75) is 17.1 Å². The summed E-state index contributed by atoms with van der Waals surface area (Å²) in [6, 6.07) is 15.8. The van der Waals surface area contributed by atoms with Gasteiger partial charge in [-0.2, -0.15) is 0 Å². The minimum Gasteiger partial charge on any atom is -0.497 e. The number of benzene rings is 2. The monoisotopic (exact) mass is 443 g/mol. The van der Waals surface area contributed by atoms with Crippen molar-refractivity contribution >= 4 is 16.7 Å². The summed E-state index contributed by atoms with van der Waals surface area (Å²) in [5, 5.41) is 2.83. The lowest BCUT2D eigenvalue weighted by Gasteiger charge is -2.10. The molecule has 1 amide bonds. The molecule has 0 saturated carbocycles. The van der Waals surface area contributed by atoms with E-state index in [0.717, 1.165) is 5.56 Å². The standard InChI is InChI=1S/C23H25NO6S/c1-27-17-6-9-20(10-7-17)31(26)15-19-8-11-21(30-19)23(25)24-13-12-16-4-5-18(28-2)14-22(16)29-3/h4-11,14H,12-13,15H2,1-3H3,(H,24,25)/t31-/m1/s1. The van der Waals surface area contributed by atoms with E-state index >= 15 is 0 Å². The van der Waals surface area contributed by atoms with Gasteiger partial charge in [-0.1, -0.05) is 6.07 Å². The molecule has 0 aliphatic carbocycles. The number of carbonyl (C=O) groups is 1. The van der Waals surface area contributed by atoms with Crippen molar-refractivity contribution in [3.8, 4) is 17.2 Å². The van der Waals surface area contributed by atoms with Crippen molar-refractivity contribution in [3.05, 3.63) is 71.7 Å². The Bertz CT molecular complexity index is 1040. The zero-order valence-electron chi connectivity index (χ0n) is 17.7. The molecular weight excluding hydrogens is 418 g/mol. The first-order valence-electron chi connectivity index (χ1n) is 9.64. The summed E-state index contributed by atoms with van der Waals surface area (Å²) in [7, 11) is 3.48. The average Bonchev–Trinajstić information content (AvgIpc) is 3.27. The fourth-order valence-corrected chi connectivity index (χ4v) is 3.99. The number of ether oxygens (including phenoxy) is 3. The molecular formula is C23H25NO6S. The zero-order valence-corrected chi connectivity index (χ0v) is 18.5. The highest BCUT2D eigenvalue weighted by atomic mass is 32.2. The van der Waals surface area contributed by atoms with Crippen LogP contribution in [0.1, 0.15) is 21.9 Å². The van der Waals surface area contributed by atoms with Crippen LogP contribution in [0.5, 0.6) is 17.2 Å². The zero-order chi connectivity index (χ0) is 22.2. The smallest absolute Gasteiger partial charge is 0.287 e. The first-order valence-corrected chi connectivity index (χ1v) is 11.0. The van der Waals surface area contributed by atoms with Crippen LogP contribution in [-0.4, -0.2) is 38.0 Å². The van der Waals surface area contributed by atoms with E-state index in [1.54, 1.807) is 63.8 Å². The van der Waals surface area contributed by atoms with Gasteiger partial charge in [0.2, 0.25) is 0 Å². The maximum absolute atomic E-state index is 12.5. The van der Waals surface area contributed by atoms with Crippen LogP contribution >= 0.6 is 0 Å². The van der Waals surface area contributed by atoms with E-state index in [9.17, 15) is 9.00 Å². The molecule has 0 radical (unpaired) electrons. The van der Waals surface area contributed by atoms with Crippen molar-refractivity contribution in [1.29, 1.82) is 0 Å². The lowest BCUT2D eigenvalue weighted by Crippen LogP contribution is -2.25. The molecule has 3 rings (SSSR count). The van der Waals surface area contributed by atoms with E-state index in [-0.39, 0.29) is 17.4 Å². The van der Waals surface area contributed by atoms with E-state index in [4.69, 9.17) is 18.6 Å². The Hall–Kier alpha value is -3.26. The molecule has 0 aliphatic heterocycles. The van der Waals surface area contributed by atoms with Gasteiger partial charge >= 0.3 is 0 Å². The highest BCUT2D eigenvalue weighted by Crippen LogP contribution is 2.24. The second-order valence-electron chi connectivity index (χ2n) is 6.62. The molecule has 0 saturated heterocycles. The molecule has 3 aromatic rings. The van der Waals surface area contributed by atoms with Gasteiger partial charge in [-0.15, -0.1) is 0 Å². The summed E-state index contributed by atoms with van der Waals surface area (Å²) in [5.74, 6) is 2.64. The third-order valence-corrected chi connectivity index (χ3v) is 6.00. The third kappa shape index (κ3) is 5.88. The molecule has 164 valence electrons. The quantitative estimate of drug-likeness (QED) is 0.515. The molecule has 0 unspecified atom stereocenters. The summed E-state index contributed by atoms with van der Waals surface area (Å²) >= 11 is 0. The second-order valence-corrected chi connectivity index (χ2v) is 8.07. The minimum atomic E-state index is -1.29. The Balaban J connectivity index is 1.53. The van der Waals surface area contributed by atoms with Crippen LogP contribution in [-0.2, 0) is 23.0 Å². The molecule has 8 heteroatoms. The molecule has 0 aliphatic rings. The average molecular weight is 444 g/mol. The molecule has 2 aromatic carbocycles. The minimum absolute atomic E-state index is 0.183. The molecule has 1 N–H and O–H groups in total. The van der Waals surface area contributed by atoms with E-state index in [1.807, 2.05) is 12.1 Å². The summed E-state index contributed by atoms with van der Waals surface area (Å²) in [6.45, 7) is 0.412. The number of rotatable bonds is 10. The van der Waals surface area contributed by atoms with Gasteiger partial charge in [0.15, 0.2) is 5.76 Å². The van der Waals surface area contributed by atoms with Gasteiger partial charge in [0.05, 0.1) is 37.9 Å². The second kappa shape index (κ2) is 10.7. The van der Waals surface area contributed by atoms with Crippen LogP contribution in [0, 0.1) is 0 Å². The van der Waals surface area contributed by atoms with Crippen LogP contribution in [0.2, 0.25) is 0 Å². The number of amides is 1. The van der Waals surface area contributed by atoms with Crippen molar-refractivity contribution in [3.63, 3.8) is 0 Å². The number of methoxy groups -OCH3 is 3. The first-order chi connectivity index (χ1) is 15.0. The Labute approximate surface area is 183 Å². The van der Waals surface area contributed by atoms with E-state index < -0.39 is 10.8 Å². The largest absolute Gasteiger partial charge is 0.497 e. The fraction of sp³-hybridized carbons (Fsp3) is 0.261. The maximum atomic E-state index is 12.5. The number of hydrogen-bond donors (Lipinski definition) is 1. The lowest BCUT2D eigenvalue weighted by atomic mass is 10.1. The van der Waals surface area contributed by atoms with E-state index in [0.29, 0.717) is 40.9 Å². The molecule has 31 heavy (non-hydrogen) atoms. The van der Waals surface area contributed by atoms with Crippen molar-refractivity contribution in [1.82, 2.24) is 5.32 Å². The van der Waals surface area contributed by atoms with Gasteiger partial charge in [-0.05, 0) is 54.4 Å². The molecule has 1 atom stereocenters. The van der Waals surface area contributed by atoms with Crippen molar-refractivity contribution in [2.75, 3.05) is 27.9 Å². The Morgan fingerprint density at radius 3 is 2.32 bits per heavy atom. The van der Waals surface area contributed by atoms with Gasteiger partial charge < -0.3 is 23.9 Å². The number of nitrogens with one attached hydrogen (secondary N) is 1. The lowest BCUT2D eigenvalue weighted by molar-refractivity contribution is 0.0925. The maximum Gasteiger partial charge on any atom is 0.287 e. The van der Waals surface area contributed by atoms with Crippen molar-refractivity contribution in [2.24, 2.45) is 0 Å². The van der Waals surface area contributed by atoms with Crippen LogP contribution in [0.15, 0.2) is 63.9 Å². The number of furan rings is 1. The summed E-state index contributed by atoms with van der Waals surface area (Å²) in [4.78, 5) is 13.0. The first kappa shape index (κ1) is 22.4. The van der Waals surface area contributed by atoms with Crippen LogP contribution in [0.3, 0.4) is 0 Å². The Morgan fingerprint density at radius 1 is 0.935 bits per heavy atom. The SMILES string of the molecule is COc1ccc([S@](=O)Cc2ccc(C(=O)NCCc3ccc(OC)cc3OC)o2)cc1. The molecule has 7 nitrogen and oxygen atoms in total. The highest BCUT2D eigenvalue weighted by molar-refractivity contribution is 7.84. The molecule has 0 spiro atoms. The van der Waals surface area contributed by atoms with Gasteiger partial charge in [0.25, 0.3) is 5.91 Å². The molecule has 0 bridgehead atoms. The molecule has 1 heterocycles. The third-order valence-electron chi connectivity index (χ3n) is 4.66. The molecule has 1 aromatic heterocycles. The predicted molar refractivity (Wildman–Crippen MR) is 117 cm³/mol. The van der Waals surface area contributed by atoms with Gasteiger partial charge in [-0.25, -0.2) is 0 Å². The highest BCUT2D eigenvalue weighted by Gasteiger charge is 2.14. The van der Waals surface area contributed by atoms with Gasteiger partial charge in [-0.3, -0.25) is 9.00 Å². The van der Waals surface area contributed by atoms with Crippen LogP contribution < -0.4 is 19.5 Å². The van der Waals surface area contributed by atoms with E-state index in [1.165, 1.54) is 0 Å². The van der Waals surface area contributed by atoms with Gasteiger partial charge in [0.1, 0.15) is 23.0 Å².